The molecule has 0 unspecified atom stereocenters. The van der Waals surface area contributed by atoms with E-state index in [-0.39, 0.29) is 11.7 Å². The van der Waals surface area contributed by atoms with Gasteiger partial charge in [0.1, 0.15) is 12.1 Å². The quantitative estimate of drug-likeness (QED) is 0.550. The minimum Gasteiger partial charge on any atom is -0.339 e. The number of hydrogen-bond donors (Lipinski definition) is 0. The molecule has 5 nitrogen and oxygen atoms in total. The number of halogens is 1. The Balaban J connectivity index is 1.33. The van der Waals surface area contributed by atoms with E-state index in [1.807, 2.05) is 35.2 Å². The van der Waals surface area contributed by atoms with Crippen LogP contribution in [0.2, 0.25) is 0 Å². The number of piperidine rings is 1. The zero-order valence-electron chi connectivity index (χ0n) is 18.4. The van der Waals surface area contributed by atoms with Gasteiger partial charge in [0.2, 0.25) is 0 Å². The van der Waals surface area contributed by atoms with E-state index < -0.39 is 5.41 Å². The molecule has 1 aliphatic carbocycles. The molecule has 1 saturated heterocycles. The molecule has 1 saturated carbocycles. The summed E-state index contributed by atoms with van der Waals surface area (Å²) in [4.78, 5) is 23.5. The van der Waals surface area contributed by atoms with E-state index in [9.17, 15) is 14.4 Å². The highest BCUT2D eigenvalue weighted by Crippen LogP contribution is 2.44. The van der Waals surface area contributed by atoms with Gasteiger partial charge in [0.05, 0.1) is 17.2 Å². The number of nitriles is 1. The molecule has 2 aromatic carbocycles. The summed E-state index contributed by atoms with van der Waals surface area (Å²) in [7, 11) is 0. The van der Waals surface area contributed by atoms with Crippen LogP contribution in [0.4, 0.5) is 4.39 Å². The number of carbonyl (C=O) groups excluding carboxylic acids is 1. The zero-order valence-corrected chi connectivity index (χ0v) is 18.4. The third-order valence-electron chi connectivity index (χ3n) is 6.91. The van der Waals surface area contributed by atoms with Gasteiger partial charge in [-0.05, 0) is 73.4 Å². The fourth-order valence-electron chi connectivity index (χ4n) is 4.84. The molecular formula is C27H25FN4O. The second-order valence-electron chi connectivity index (χ2n) is 9.12. The summed E-state index contributed by atoms with van der Waals surface area (Å²) in [5, 5.41) is 10.1. The predicted molar refractivity (Wildman–Crippen MR) is 123 cm³/mol. The van der Waals surface area contributed by atoms with Crippen molar-refractivity contribution in [1.82, 2.24) is 14.9 Å². The molecule has 0 radical (unpaired) electrons. The van der Waals surface area contributed by atoms with Gasteiger partial charge in [-0.2, -0.15) is 5.26 Å². The zero-order chi connectivity index (χ0) is 22.8. The maximum atomic E-state index is 13.8. The summed E-state index contributed by atoms with van der Waals surface area (Å²) < 4.78 is 13.8. The van der Waals surface area contributed by atoms with Crippen LogP contribution < -0.4 is 0 Å². The van der Waals surface area contributed by atoms with Gasteiger partial charge >= 0.3 is 0 Å². The molecule has 1 amide bonds. The van der Waals surface area contributed by atoms with Crippen LogP contribution in [0.5, 0.6) is 0 Å². The fourth-order valence-corrected chi connectivity index (χ4v) is 4.84. The van der Waals surface area contributed by atoms with Crippen LogP contribution >= 0.6 is 0 Å². The minimum atomic E-state index is -0.537. The molecule has 2 fully saturated rings. The van der Waals surface area contributed by atoms with E-state index in [0.717, 1.165) is 29.5 Å². The molecule has 0 atom stereocenters. The highest BCUT2D eigenvalue weighted by Gasteiger charge is 2.38. The van der Waals surface area contributed by atoms with Crippen molar-refractivity contribution in [2.75, 3.05) is 13.1 Å². The smallest absolute Gasteiger partial charge is 0.254 e. The summed E-state index contributed by atoms with van der Waals surface area (Å²) in [6, 6.07) is 16.8. The van der Waals surface area contributed by atoms with E-state index in [1.54, 1.807) is 18.3 Å². The molecule has 0 bridgehead atoms. The third kappa shape index (κ3) is 4.36. The first kappa shape index (κ1) is 21.3. The second-order valence-corrected chi connectivity index (χ2v) is 9.12. The lowest BCUT2D eigenvalue weighted by Gasteiger charge is -2.38. The molecule has 0 spiro atoms. The molecular weight excluding hydrogens is 415 g/mol. The van der Waals surface area contributed by atoms with Gasteiger partial charge in [-0.15, -0.1) is 0 Å². The number of hydrogen-bond acceptors (Lipinski definition) is 4. The lowest BCUT2D eigenvalue weighted by molar-refractivity contribution is 0.0647. The second kappa shape index (κ2) is 8.74. The number of likely N-dealkylation sites (tertiary alicyclic amines) is 1. The number of benzene rings is 2. The van der Waals surface area contributed by atoms with Gasteiger partial charge in [-0.3, -0.25) is 4.79 Å². The molecule has 166 valence electrons. The SMILES string of the molecule is N#CC1(Cc2ccc(F)cc2C2CC2)CCN(C(=O)c2ccccc2-c2ccncn2)CC1. The average molecular weight is 441 g/mol. The Morgan fingerprint density at radius 2 is 1.94 bits per heavy atom. The fraction of sp³-hybridized carbons (Fsp3) is 0.333. The van der Waals surface area contributed by atoms with Gasteiger partial charge in [-0.25, -0.2) is 14.4 Å². The molecule has 5 rings (SSSR count). The Hall–Kier alpha value is -3.59. The van der Waals surface area contributed by atoms with Crippen LogP contribution in [-0.2, 0) is 6.42 Å². The van der Waals surface area contributed by atoms with Crippen molar-refractivity contribution in [3.8, 4) is 17.3 Å². The summed E-state index contributed by atoms with van der Waals surface area (Å²) in [6.45, 7) is 1.04. The van der Waals surface area contributed by atoms with Crippen molar-refractivity contribution in [3.05, 3.63) is 83.6 Å². The van der Waals surface area contributed by atoms with E-state index in [4.69, 9.17) is 0 Å². The Bertz CT molecular complexity index is 1210. The highest BCUT2D eigenvalue weighted by molar-refractivity contribution is 6.00. The van der Waals surface area contributed by atoms with E-state index in [0.29, 0.717) is 49.5 Å². The Morgan fingerprint density at radius 1 is 1.15 bits per heavy atom. The molecule has 1 aromatic heterocycles. The van der Waals surface area contributed by atoms with Crippen LogP contribution in [0.15, 0.2) is 61.1 Å². The van der Waals surface area contributed by atoms with Crippen molar-refractivity contribution >= 4 is 5.91 Å². The highest BCUT2D eigenvalue weighted by atomic mass is 19.1. The van der Waals surface area contributed by atoms with Crippen molar-refractivity contribution in [3.63, 3.8) is 0 Å². The van der Waals surface area contributed by atoms with E-state index in [1.165, 1.54) is 12.4 Å². The largest absolute Gasteiger partial charge is 0.339 e. The van der Waals surface area contributed by atoms with Crippen molar-refractivity contribution < 1.29 is 9.18 Å². The lowest BCUT2D eigenvalue weighted by Crippen LogP contribution is -2.43. The van der Waals surface area contributed by atoms with Gasteiger partial charge in [0.15, 0.2) is 0 Å². The monoisotopic (exact) mass is 440 g/mol. The molecule has 6 heteroatoms. The summed E-state index contributed by atoms with van der Waals surface area (Å²) in [5.74, 6) is 0.164. The first-order valence-corrected chi connectivity index (χ1v) is 11.4. The first-order chi connectivity index (χ1) is 16.1. The summed E-state index contributed by atoms with van der Waals surface area (Å²) in [6.07, 6.45) is 7.13. The van der Waals surface area contributed by atoms with Crippen LogP contribution in [-0.4, -0.2) is 33.9 Å². The maximum Gasteiger partial charge on any atom is 0.254 e. The van der Waals surface area contributed by atoms with Gasteiger partial charge in [0, 0.05) is 30.4 Å². The lowest BCUT2D eigenvalue weighted by atomic mass is 9.74. The first-order valence-electron chi connectivity index (χ1n) is 11.4. The summed E-state index contributed by atoms with van der Waals surface area (Å²) in [5.41, 5.74) is 3.69. The minimum absolute atomic E-state index is 0.0452. The molecule has 2 heterocycles. The maximum absolute atomic E-state index is 13.8. The Kier molecular flexibility index (Phi) is 5.63. The van der Waals surface area contributed by atoms with Crippen LogP contribution in [0.1, 0.15) is 53.1 Å². The number of amides is 1. The van der Waals surface area contributed by atoms with Crippen LogP contribution in [0.25, 0.3) is 11.3 Å². The Labute approximate surface area is 192 Å². The number of nitrogens with zero attached hydrogens (tertiary/aromatic N) is 4. The molecule has 2 aliphatic rings. The predicted octanol–water partition coefficient (Wildman–Crippen LogP) is 5.15. The van der Waals surface area contributed by atoms with Crippen molar-refractivity contribution in [2.45, 2.75) is 38.0 Å². The number of carbonyl (C=O) groups is 1. The number of rotatable bonds is 5. The van der Waals surface area contributed by atoms with E-state index in [2.05, 4.69) is 16.0 Å². The van der Waals surface area contributed by atoms with Crippen LogP contribution in [0, 0.1) is 22.6 Å². The standard InChI is InChI=1S/C27H25FN4O/c28-21-8-7-20(24(15-21)19-5-6-19)16-27(17-29)10-13-32(14-11-27)26(33)23-4-2-1-3-22(23)25-9-12-30-18-31-25/h1-4,7-9,12,15,18-19H,5-6,10-11,13-14,16H2. The topological polar surface area (TPSA) is 69.9 Å². The van der Waals surface area contributed by atoms with Gasteiger partial charge in [-0.1, -0.05) is 24.3 Å². The van der Waals surface area contributed by atoms with E-state index >= 15 is 0 Å². The van der Waals surface area contributed by atoms with Gasteiger partial charge < -0.3 is 4.90 Å². The average Bonchev–Trinajstić information content (AvgIpc) is 3.71. The summed E-state index contributed by atoms with van der Waals surface area (Å²) >= 11 is 0. The Morgan fingerprint density at radius 3 is 2.64 bits per heavy atom. The molecule has 1 aliphatic heterocycles. The third-order valence-corrected chi connectivity index (χ3v) is 6.91. The van der Waals surface area contributed by atoms with Crippen molar-refractivity contribution in [1.29, 1.82) is 5.26 Å². The van der Waals surface area contributed by atoms with Crippen LogP contribution in [0.3, 0.4) is 0 Å². The number of aromatic nitrogens is 2. The molecule has 0 N–H and O–H groups in total. The van der Waals surface area contributed by atoms with Gasteiger partial charge in [0.25, 0.3) is 5.91 Å². The van der Waals surface area contributed by atoms with Crippen molar-refractivity contribution in [2.24, 2.45) is 5.41 Å². The molecule has 33 heavy (non-hydrogen) atoms. The molecule has 3 aromatic rings. The normalized spacial score (nSPS) is 17.4.